The van der Waals surface area contributed by atoms with Crippen LogP contribution in [0.15, 0.2) is 24.3 Å². The van der Waals surface area contributed by atoms with Gasteiger partial charge in [0.25, 0.3) is 0 Å². The fraction of sp³-hybridized carbons (Fsp3) is 0.538. The van der Waals surface area contributed by atoms with Crippen LogP contribution in [0.25, 0.3) is 0 Å². The van der Waals surface area contributed by atoms with Crippen molar-refractivity contribution in [2.24, 2.45) is 5.92 Å². The maximum absolute atomic E-state index is 9.84. The number of aliphatic hydroxyl groups excluding tert-OH is 1. The minimum atomic E-state index is -0.136. The van der Waals surface area contributed by atoms with Crippen LogP contribution in [0.2, 0.25) is 0 Å². The zero-order valence-electron chi connectivity index (χ0n) is 8.74. The van der Waals surface area contributed by atoms with Crippen LogP contribution in [0.1, 0.15) is 30.4 Å². The van der Waals surface area contributed by atoms with Gasteiger partial charge in [0.15, 0.2) is 0 Å². The molecule has 1 N–H and O–H groups in total. The van der Waals surface area contributed by atoms with Crippen molar-refractivity contribution >= 4 is 0 Å². The number of aliphatic hydroxyl groups is 1. The number of hydrogen-bond donors (Lipinski definition) is 1. The molecule has 1 aliphatic rings. The van der Waals surface area contributed by atoms with Crippen LogP contribution < -0.4 is 0 Å². The zero-order chi connectivity index (χ0) is 9.97. The van der Waals surface area contributed by atoms with Gasteiger partial charge < -0.3 is 5.11 Å². The zero-order valence-corrected chi connectivity index (χ0v) is 8.74. The van der Waals surface area contributed by atoms with Crippen LogP contribution in [0, 0.1) is 12.8 Å². The number of rotatable bonds is 4. The summed E-state index contributed by atoms with van der Waals surface area (Å²) in [6.45, 7) is 2.11. The standard InChI is InChI=1S/C13H18O/c1-10-4-2-3-5-12(10)9-13(14)8-11-6-7-11/h2-5,11,13-14H,6-9H2,1H3. The normalized spacial score (nSPS) is 18.1. The number of aryl methyl sites for hydroxylation is 1. The Hall–Kier alpha value is -0.820. The summed E-state index contributed by atoms with van der Waals surface area (Å²) in [4.78, 5) is 0. The third-order valence-electron chi connectivity index (χ3n) is 3.02. The Morgan fingerprint density at radius 3 is 2.71 bits per heavy atom. The molecule has 1 aromatic rings. The van der Waals surface area contributed by atoms with Crippen molar-refractivity contribution in [3.63, 3.8) is 0 Å². The summed E-state index contributed by atoms with van der Waals surface area (Å²) in [7, 11) is 0. The van der Waals surface area contributed by atoms with E-state index in [1.54, 1.807) is 0 Å². The molecule has 76 valence electrons. The highest BCUT2D eigenvalue weighted by Crippen LogP contribution is 2.34. The van der Waals surface area contributed by atoms with Crippen molar-refractivity contribution in [3.8, 4) is 0 Å². The molecule has 1 nitrogen and oxygen atoms in total. The van der Waals surface area contributed by atoms with Gasteiger partial charge in [-0.25, -0.2) is 0 Å². The van der Waals surface area contributed by atoms with E-state index in [9.17, 15) is 5.11 Å². The Morgan fingerprint density at radius 1 is 1.36 bits per heavy atom. The van der Waals surface area contributed by atoms with Gasteiger partial charge >= 0.3 is 0 Å². The van der Waals surface area contributed by atoms with Gasteiger partial charge in [-0.05, 0) is 36.8 Å². The number of hydrogen-bond acceptors (Lipinski definition) is 1. The Balaban J connectivity index is 1.91. The maximum Gasteiger partial charge on any atom is 0.0583 e. The molecule has 0 aromatic heterocycles. The molecular formula is C13H18O. The van der Waals surface area contributed by atoms with Gasteiger partial charge in [0.1, 0.15) is 0 Å². The lowest BCUT2D eigenvalue weighted by atomic mass is 10.00. The van der Waals surface area contributed by atoms with Crippen molar-refractivity contribution in [1.82, 2.24) is 0 Å². The summed E-state index contributed by atoms with van der Waals surface area (Å²) in [6, 6.07) is 8.32. The molecule has 1 fully saturated rings. The average molecular weight is 190 g/mol. The maximum atomic E-state index is 9.84. The third kappa shape index (κ3) is 2.58. The lowest BCUT2D eigenvalue weighted by Gasteiger charge is -2.11. The molecule has 1 aliphatic carbocycles. The topological polar surface area (TPSA) is 20.2 Å². The molecule has 1 heteroatoms. The molecule has 0 aliphatic heterocycles. The molecule has 0 heterocycles. The van der Waals surface area contributed by atoms with Gasteiger partial charge in [-0.15, -0.1) is 0 Å². The molecule has 1 atom stereocenters. The van der Waals surface area contributed by atoms with Gasteiger partial charge in [0, 0.05) is 0 Å². The van der Waals surface area contributed by atoms with Crippen LogP contribution in [0.3, 0.4) is 0 Å². The van der Waals surface area contributed by atoms with E-state index in [-0.39, 0.29) is 6.10 Å². The molecular weight excluding hydrogens is 172 g/mol. The second-order valence-electron chi connectivity index (χ2n) is 4.46. The highest BCUT2D eigenvalue weighted by atomic mass is 16.3. The van der Waals surface area contributed by atoms with Gasteiger partial charge in [0.2, 0.25) is 0 Å². The molecule has 0 spiro atoms. The minimum Gasteiger partial charge on any atom is -0.393 e. The predicted molar refractivity (Wildman–Crippen MR) is 58.2 cm³/mol. The molecule has 1 aromatic carbocycles. The largest absolute Gasteiger partial charge is 0.393 e. The third-order valence-corrected chi connectivity index (χ3v) is 3.02. The first kappa shape index (κ1) is 9.72. The number of benzene rings is 1. The highest BCUT2D eigenvalue weighted by molar-refractivity contribution is 5.26. The van der Waals surface area contributed by atoms with Crippen molar-refractivity contribution in [2.75, 3.05) is 0 Å². The smallest absolute Gasteiger partial charge is 0.0583 e. The molecule has 1 unspecified atom stereocenters. The Kier molecular flexibility index (Phi) is 2.87. The Labute approximate surface area is 85.8 Å². The molecule has 0 bridgehead atoms. The summed E-state index contributed by atoms with van der Waals surface area (Å²) in [5.41, 5.74) is 2.59. The minimum absolute atomic E-state index is 0.136. The SMILES string of the molecule is Cc1ccccc1CC(O)CC1CC1. The second-order valence-corrected chi connectivity index (χ2v) is 4.46. The first-order valence-corrected chi connectivity index (χ1v) is 5.48. The first-order chi connectivity index (χ1) is 6.75. The van der Waals surface area contributed by atoms with E-state index in [1.165, 1.54) is 24.0 Å². The molecule has 0 amide bonds. The summed E-state index contributed by atoms with van der Waals surface area (Å²) in [5.74, 6) is 0.814. The quantitative estimate of drug-likeness (QED) is 0.774. The van der Waals surface area contributed by atoms with Gasteiger partial charge in [-0.2, -0.15) is 0 Å². The van der Waals surface area contributed by atoms with Crippen molar-refractivity contribution in [3.05, 3.63) is 35.4 Å². The summed E-state index contributed by atoms with van der Waals surface area (Å²) in [5, 5.41) is 9.84. The molecule has 14 heavy (non-hydrogen) atoms. The Morgan fingerprint density at radius 2 is 2.07 bits per heavy atom. The molecule has 0 radical (unpaired) electrons. The average Bonchev–Trinajstić information content (AvgIpc) is 2.93. The van der Waals surface area contributed by atoms with Gasteiger partial charge in [-0.1, -0.05) is 37.1 Å². The first-order valence-electron chi connectivity index (χ1n) is 5.48. The predicted octanol–water partition coefficient (Wildman–Crippen LogP) is 2.70. The van der Waals surface area contributed by atoms with E-state index in [1.807, 2.05) is 12.1 Å². The van der Waals surface area contributed by atoms with E-state index < -0.39 is 0 Å². The molecule has 2 rings (SSSR count). The van der Waals surface area contributed by atoms with E-state index in [4.69, 9.17) is 0 Å². The second kappa shape index (κ2) is 4.14. The van der Waals surface area contributed by atoms with E-state index in [0.29, 0.717) is 0 Å². The fourth-order valence-electron chi connectivity index (χ4n) is 1.91. The lowest BCUT2D eigenvalue weighted by molar-refractivity contribution is 0.158. The van der Waals surface area contributed by atoms with E-state index in [0.717, 1.165) is 18.8 Å². The molecule has 0 saturated heterocycles. The van der Waals surface area contributed by atoms with Crippen molar-refractivity contribution < 1.29 is 5.11 Å². The summed E-state index contributed by atoms with van der Waals surface area (Å²) in [6.07, 6.45) is 4.33. The monoisotopic (exact) mass is 190 g/mol. The van der Waals surface area contributed by atoms with Gasteiger partial charge in [0.05, 0.1) is 6.10 Å². The van der Waals surface area contributed by atoms with Gasteiger partial charge in [-0.3, -0.25) is 0 Å². The lowest BCUT2D eigenvalue weighted by Crippen LogP contribution is -2.11. The van der Waals surface area contributed by atoms with Crippen LogP contribution in [-0.4, -0.2) is 11.2 Å². The highest BCUT2D eigenvalue weighted by Gasteiger charge is 2.24. The van der Waals surface area contributed by atoms with Crippen LogP contribution in [0.4, 0.5) is 0 Å². The van der Waals surface area contributed by atoms with E-state index in [2.05, 4.69) is 19.1 Å². The summed E-state index contributed by atoms with van der Waals surface area (Å²) >= 11 is 0. The van der Waals surface area contributed by atoms with Crippen molar-refractivity contribution in [2.45, 2.75) is 38.7 Å². The van der Waals surface area contributed by atoms with Crippen LogP contribution in [0.5, 0.6) is 0 Å². The van der Waals surface area contributed by atoms with Crippen LogP contribution in [-0.2, 0) is 6.42 Å². The fourth-order valence-corrected chi connectivity index (χ4v) is 1.91. The van der Waals surface area contributed by atoms with Crippen LogP contribution >= 0.6 is 0 Å². The summed E-state index contributed by atoms with van der Waals surface area (Å²) < 4.78 is 0. The molecule has 1 saturated carbocycles. The van der Waals surface area contributed by atoms with E-state index >= 15 is 0 Å². The van der Waals surface area contributed by atoms with Crippen molar-refractivity contribution in [1.29, 1.82) is 0 Å². The Bertz CT molecular complexity index is 302.